The van der Waals surface area contributed by atoms with Crippen molar-refractivity contribution in [2.24, 2.45) is 0 Å². The molecule has 3 N–H and O–H groups in total. The van der Waals surface area contributed by atoms with E-state index in [1.807, 2.05) is 13.0 Å². The van der Waals surface area contributed by atoms with Crippen molar-refractivity contribution < 1.29 is 8.42 Å². The lowest BCUT2D eigenvalue weighted by molar-refractivity contribution is 0.601. The smallest absolute Gasteiger partial charge is 0.263 e. The average Bonchev–Trinajstić information content (AvgIpc) is 2.90. The third-order valence-corrected chi connectivity index (χ3v) is 5.29. The van der Waals surface area contributed by atoms with Crippen LogP contribution in [-0.2, 0) is 16.6 Å². The van der Waals surface area contributed by atoms with Gasteiger partial charge < -0.3 is 10.3 Å². The second-order valence-corrected chi connectivity index (χ2v) is 7.82. The summed E-state index contributed by atoms with van der Waals surface area (Å²) in [5.41, 5.74) is 1.31. The SMILES string of the molecule is CCNCc1cc(S(=O)(=O)Nc2cc(Br)ccc2Br)c[nH]1. The quantitative estimate of drug-likeness (QED) is 0.649. The topological polar surface area (TPSA) is 74.0 Å². The first kappa shape index (κ1) is 16.5. The minimum atomic E-state index is -3.62. The van der Waals surface area contributed by atoms with Gasteiger partial charge in [-0.2, -0.15) is 0 Å². The summed E-state index contributed by atoms with van der Waals surface area (Å²) in [7, 11) is -3.62. The van der Waals surface area contributed by atoms with Crippen LogP contribution in [-0.4, -0.2) is 19.9 Å². The van der Waals surface area contributed by atoms with Crippen molar-refractivity contribution >= 4 is 47.6 Å². The molecule has 0 aliphatic heterocycles. The number of hydrogen-bond acceptors (Lipinski definition) is 3. The van der Waals surface area contributed by atoms with Crippen molar-refractivity contribution in [3.63, 3.8) is 0 Å². The van der Waals surface area contributed by atoms with E-state index in [2.05, 4.69) is 46.9 Å². The minimum absolute atomic E-state index is 0.210. The molecular weight excluding hydrogens is 422 g/mol. The summed E-state index contributed by atoms with van der Waals surface area (Å²) < 4.78 is 28.8. The molecule has 0 radical (unpaired) electrons. The fourth-order valence-electron chi connectivity index (χ4n) is 1.72. The van der Waals surface area contributed by atoms with Gasteiger partial charge in [-0.15, -0.1) is 0 Å². The first-order valence-electron chi connectivity index (χ1n) is 6.28. The zero-order valence-corrected chi connectivity index (χ0v) is 15.3. The Morgan fingerprint density at radius 1 is 1.24 bits per heavy atom. The molecule has 0 fully saturated rings. The van der Waals surface area contributed by atoms with Crippen LogP contribution in [0.15, 0.2) is 44.3 Å². The Balaban J connectivity index is 2.22. The number of hydrogen-bond donors (Lipinski definition) is 3. The first-order chi connectivity index (χ1) is 9.92. The van der Waals surface area contributed by atoms with Gasteiger partial charge in [-0.1, -0.05) is 22.9 Å². The molecule has 21 heavy (non-hydrogen) atoms. The van der Waals surface area contributed by atoms with Crippen molar-refractivity contribution in [1.29, 1.82) is 0 Å². The number of anilines is 1. The standard InChI is InChI=1S/C13H15Br2N3O2S/c1-2-16-7-10-6-11(8-17-10)21(19,20)18-13-5-9(14)3-4-12(13)15/h3-6,8,16-18H,2,7H2,1H3. The molecule has 1 aromatic carbocycles. The Bertz CT molecular complexity index is 729. The van der Waals surface area contributed by atoms with Crippen LogP contribution in [0.5, 0.6) is 0 Å². The first-order valence-corrected chi connectivity index (χ1v) is 9.35. The highest BCUT2D eigenvalue weighted by Gasteiger charge is 2.17. The summed E-state index contributed by atoms with van der Waals surface area (Å²) in [4.78, 5) is 3.17. The molecular formula is C13H15Br2N3O2S. The zero-order valence-electron chi connectivity index (χ0n) is 11.3. The molecule has 1 heterocycles. The highest BCUT2D eigenvalue weighted by Crippen LogP contribution is 2.28. The monoisotopic (exact) mass is 435 g/mol. The number of H-pyrrole nitrogens is 1. The number of nitrogens with one attached hydrogen (secondary N) is 3. The zero-order chi connectivity index (χ0) is 15.5. The molecule has 8 heteroatoms. The summed E-state index contributed by atoms with van der Waals surface area (Å²) in [6.45, 7) is 3.42. The average molecular weight is 437 g/mol. The van der Waals surface area contributed by atoms with E-state index in [-0.39, 0.29) is 4.90 Å². The Labute approximate surface area is 140 Å². The van der Waals surface area contributed by atoms with E-state index in [0.29, 0.717) is 16.7 Å². The molecule has 0 atom stereocenters. The maximum Gasteiger partial charge on any atom is 0.263 e. The molecule has 0 saturated heterocycles. The Morgan fingerprint density at radius 2 is 2.00 bits per heavy atom. The van der Waals surface area contributed by atoms with Gasteiger partial charge in [-0.25, -0.2) is 8.42 Å². The fourth-order valence-corrected chi connectivity index (χ4v) is 3.64. The lowest BCUT2D eigenvalue weighted by Crippen LogP contribution is -2.13. The molecule has 0 amide bonds. The van der Waals surface area contributed by atoms with Gasteiger partial charge in [-0.3, -0.25) is 4.72 Å². The predicted molar refractivity (Wildman–Crippen MR) is 90.8 cm³/mol. The second-order valence-electron chi connectivity index (χ2n) is 4.37. The number of benzene rings is 1. The van der Waals surface area contributed by atoms with Gasteiger partial charge >= 0.3 is 0 Å². The van der Waals surface area contributed by atoms with Crippen molar-refractivity contribution in [1.82, 2.24) is 10.3 Å². The summed E-state index contributed by atoms with van der Waals surface area (Å²) in [6, 6.07) is 6.92. The summed E-state index contributed by atoms with van der Waals surface area (Å²) in [6.07, 6.45) is 1.49. The van der Waals surface area contributed by atoms with Gasteiger partial charge in [0.25, 0.3) is 10.0 Å². The maximum absolute atomic E-state index is 12.4. The van der Waals surface area contributed by atoms with Crippen LogP contribution in [0.3, 0.4) is 0 Å². The van der Waals surface area contributed by atoms with E-state index in [1.54, 1.807) is 18.2 Å². The molecule has 114 valence electrons. The second kappa shape index (κ2) is 6.95. The van der Waals surface area contributed by atoms with Crippen LogP contribution in [0.25, 0.3) is 0 Å². The van der Waals surface area contributed by atoms with E-state index in [4.69, 9.17) is 0 Å². The van der Waals surface area contributed by atoms with Gasteiger partial charge in [0.2, 0.25) is 0 Å². The van der Waals surface area contributed by atoms with Crippen LogP contribution in [0.2, 0.25) is 0 Å². The Morgan fingerprint density at radius 3 is 2.71 bits per heavy atom. The van der Waals surface area contributed by atoms with Gasteiger partial charge in [0, 0.05) is 27.4 Å². The highest BCUT2D eigenvalue weighted by atomic mass is 79.9. The number of sulfonamides is 1. The third-order valence-electron chi connectivity index (χ3n) is 2.76. The van der Waals surface area contributed by atoms with Gasteiger partial charge in [-0.05, 0) is 46.7 Å². The fraction of sp³-hybridized carbons (Fsp3) is 0.231. The third kappa shape index (κ3) is 4.32. The van der Waals surface area contributed by atoms with Crippen LogP contribution >= 0.6 is 31.9 Å². The molecule has 2 rings (SSSR count). The van der Waals surface area contributed by atoms with Crippen LogP contribution in [0.1, 0.15) is 12.6 Å². The van der Waals surface area contributed by atoms with E-state index in [0.717, 1.165) is 16.7 Å². The maximum atomic E-state index is 12.4. The van der Waals surface area contributed by atoms with Crippen LogP contribution in [0.4, 0.5) is 5.69 Å². The van der Waals surface area contributed by atoms with Gasteiger partial charge in [0.05, 0.1) is 5.69 Å². The number of aromatic amines is 1. The predicted octanol–water partition coefficient (Wildman–Crippen LogP) is 3.45. The van der Waals surface area contributed by atoms with Crippen molar-refractivity contribution in [3.05, 3.63) is 45.1 Å². The van der Waals surface area contributed by atoms with E-state index in [1.165, 1.54) is 6.20 Å². The lowest BCUT2D eigenvalue weighted by Gasteiger charge is -2.08. The van der Waals surface area contributed by atoms with E-state index >= 15 is 0 Å². The normalized spacial score (nSPS) is 11.6. The van der Waals surface area contributed by atoms with Crippen molar-refractivity contribution in [2.75, 3.05) is 11.3 Å². The number of rotatable bonds is 6. The highest BCUT2D eigenvalue weighted by molar-refractivity contribution is 9.11. The lowest BCUT2D eigenvalue weighted by atomic mass is 10.3. The molecule has 1 aromatic heterocycles. The summed E-state index contributed by atoms with van der Waals surface area (Å²) >= 11 is 6.65. The largest absolute Gasteiger partial charge is 0.363 e. The number of halogens is 2. The number of aromatic nitrogens is 1. The van der Waals surface area contributed by atoms with Crippen LogP contribution in [0, 0.1) is 0 Å². The molecule has 2 aromatic rings. The molecule has 0 aliphatic carbocycles. The molecule has 0 spiro atoms. The Hall–Kier alpha value is -0.830. The molecule has 0 aliphatic rings. The minimum Gasteiger partial charge on any atom is -0.363 e. The molecule has 0 saturated carbocycles. The summed E-state index contributed by atoms with van der Waals surface area (Å²) in [5, 5.41) is 3.14. The van der Waals surface area contributed by atoms with Crippen molar-refractivity contribution in [3.8, 4) is 0 Å². The van der Waals surface area contributed by atoms with Gasteiger partial charge in [0.1, 0.15) is 4.90 Å². The van der Waals surface area contributed by atoms with E-state index in [9.17, 15) is 8.42 Å². The summed E-state index contributed by atoms with van der Waals surface area (Å²) in [5.74, 6) is 0. The molecule has 5 nitrogen and oxygen atoms in total. The van der Waals surface area contributed by atoms with Crippen molar-refractivity contribution in [2.45, 2.75) is 18.4 Å². The Kier molecular flexibility index (Phi) is 5.48. The van der Waals surface area contributed by atoms with E-state index < -0.39 is 10.0 Å². The molecule has 0 unspecified atom stereocenters. The van der Waals surface area contributed by atoms with Gasteiger partial charge in [0.15, 0.2) is 0 Å². The molecule has 0 bridgehead atoms. The van der Waals surface area contributed by atoms with Crippen LogP contribution < -0.4 is 10.0 Å².